The second-order valence-corrected chi connectivity index (χ2v) is 5.45. The standard InChI is InChI=1S/C17H25NO2/c1-2-3-4-5-6-13-20-16-11-8-10-15-14(16)9-7-12-17(19)18-15/h8,10-11H,2-7,9,12-13H2,1H3,(H,18,19). The molecule has 0 saturated carbocycles. The van der Waals surface area contributed by atoms with Crippen LogP contribution in [0.3, 0.4) is 0 Å². The molecule has 0 aromatic heterocycles. The number of nitrogens with one attached hydrogen (secondary N) is 1. The van der Waals surface area contributed by atoms with Gasteiger partial charge in [-0.05, 0) is 31.4 Å². The maximum Gasteiger partial charge on any atom is 0.224 e. The van der Waals surface area contributed by atoms with Crippen molar-refractivity contribution in [3.63, 3.8) is 0 Å². The third-order valence-corrected chi connectivity index (χ3v) is 3.74. The fourth-order valence-corrected chi connectivity index (χ4v) is 2.60. The molecule has 1 heterocycles. The molecule has 1 aromatic carbocycles. The quantitative estimate of drug-likeness (QED) is 0.753. The number of hydrogen-bond donors (Lipinski definition) is 1. The van der Waals surface area contributed by atoms with E-state index < -0.39 is 0 Å². The molecule has 2 rings (SSSR count). The second-order valence-electron chi connectivity index (χ2n) is 5.45. The number of carbonyl (C=O) groups is 1. The van der Waals surface area contributed by atoms with Crippen LogP contribution in [0.15, 0.2) is 18.2 Å². The van der Waals surface area contributed by atoms with Crippen molar-refractivity contribution in [2.45, 2.75) is 58.3 Å². The molecule has 0 saturated heterocycles. The molecule has 0 radical (unpaired) electrons. The topological polar surface area (TPSA) is 38.3 Å². The van der Waals surface area contributed by atoms with E-state index in [0.29, 0.717) is 6.42 Å². The predicted molar refractivity (Wildman–Crippen MR) is 82.3 cm³/mol. The largest absolute Gasteiger partial charge is 0.493 e. The van der Waals surface area contributed by atoms with E-state index in [-0.39, 0.29) is 5.91 Å². The van der Waals surface area contributed by atoms with E-state index in [1.54, 1.807) is 0 Å². The van der Waals surface area contributed by atoms with Crippen LogP contribution >= 0.6 is 0 Å². The van der Waals surface area contributed by atoms with E-state index in [1.807, 2.05) is 18.2 Å². The Labute approximate surface area is 121 Å². The fraction of sp³-hybridized carbons (Fsp3) is 0.588. The summed E-state index contributed by atoms with van der Waals surface area (Å²) in [5.74, 6) is 1.06. The maximum atomic E-state index is 11.6. The van der Waals surface area contributed by atoms with Gasteiger partial charge in [-0.15, -0.1) is 0 Å². The molecule has 1 N–H and O–H groups in total. The van der Waals surface area contributed by atoms with Crippen molar-refractivity contribution in [3.8, 4) is 5.75 Å². The third-order valence-electron chi connectivity index (χ3n) is 3.74. The van der Waals surface area contributed by atoms with Gasteiger partial charge in [-0.3, -0.25) is 4.79 Å². The van der Waals surface area contributed by atoms with Gasteiger partial charge in [0.25, 0.3) is 0 Å². The lowest BCUT2D eigenvalue weighted by Gasteiger charge is -2.13. The number of rotatable bonds is 7. The zero-order chi connectivity index (χ0) is 14.2. The Hall–Kier alpha value is -1.51. The SMILES string of the molecule is CCCCCCCOc1cccc2c1CCCC(=O)N2. The van der Waals surface area contributed by atoms with Gasteiger partial charge in [0.05, 0.1) is 6.61 Å². The van der Waals surface area contributed by atoms with Crippen LogP contribution in [-0.2, 0) is 11.2 Å². The number of fused-ring (bicyclic) bond motifs is 1. The van der Waals surface area contributed by atoms with Crippen LogP contribution in [0.5, 0.6) is 5.75 Å². The van der Waals surface area contributed by atoms with Crippen molar-refractivity contribution in [1.82, 2.24) is 0 Å². The van der Waals surface area contributed by atoms with E-state index in [1.165, 1.54) is 25.7 Å². The summed E-state index contributed by atoms with van der Waals surface area (Å²) < 4.78 is 5.92. The highest BCUT2D eigenvalue weighted by Gasteiger charge is 2.16. The Balaban J connectivity index is 1.89. The Morgan fingerprint density at radius 1 is 1.15 bits per heavy atom. The molecule has 110 valence electrons. The number of benzene rings is 1. The molecular weight excluding hydrogens is 250 g/mol. The smallest absolute Gasteiger partial charge is 0.224 e. The number of anilines is 1. The summed E-state index contributed by atoms with van der Waals surface area (Å²) in [5.41, 5.74) is 2.09. The minimum Gasteiger partial charge on any atom is -0.493 e. The van der Waals surface area contributed by atoms with Gasteiger partial charge in [-0.1, -0.05) is 38.7 Å². The Bertz CT molecular complexity index is 443. The molecular formula is C17H25NO2. The summed E-state index contributed by atoms with van der Waals surface area (Å²) >= 11 is 0. The van der Waals surface area contributed by atoms with Crippen LogP contribution in [0.25, 0.3) is 0 Å². The average molecular weight is 275 g/mol. The molecule has 0 fully saturated rings. The van der Waals surface area contributed by atoms with Crippen molar-refractivity contribution < 1.29 is 9.53 Å². The first kappa shape index (κ1) is 14.9. The van der Waals surface area contributed by atoms with Gasteiger partial charge in [0.2, 0.25) is 5.91 Å². The van der Waals surface area contributed by atoms with E-state index in [9.17, 15) is 4.79 Å². The molecule has 0 spiro atoms. The van der Waals surface area contributed by atoms with Gasteiger partial charge in [0.1, 0.15) is 5.75 Å². The molecule has 0 atom stereocenters. The van der Waals surface area contributed by atoms with E-state index >= 15 is 0 Å². The summed E-state index contributed by atoms with van der Waals surface area (Å²) in [6.07, 6.45) is 8.64. The second kappa shape index (κ2) is 7.93. The van der Waals surface area contributed by atoms with Gasteiger partial charge in [-0.2, -0.15) is 0 Å². The lowest BCUT2D eigenvalue weighted by atomic mass is 10.1. The number of unbranched alkanes of at least 4 members (excludes halogenated alkanes) is 4. The van der Waals surface area contributed by atoms with Gasteiger partial charge < -0.3 is 10.1 Å². The highest BCUT2D eigenvalue weighted by molar-refractivity contribution is 5.92. The average Bonchev–Trinajstić information content (AvgIpc) is 2.63. The highest BCUT2D eigenvalue weighted by Crippen LogP contribution is 2.30. The first-order valence-electron chi connectivity index (χ1n) is 7.86. The lowest BCUT2D eigenvalue weighted by Crippen LogP contribution is -2.09. The van der Waals surface area contributed by atoms with E-state index in [4.69, 9.17) is 4.74 Å². The Morgan fingerprint density at radius 2 is 2.00 bits per heavy atom. The summed E-state index contributed by atoms with van der Waals surface area (Å²) in [6, 6.07) is 5.94. The lowest BCUT2D eigenvalue weighted by molar-refractivity contribution is -0.116. The minimum absolute atomic E-state index is 0.112. The first-order chi connectivity index (χ1) is 9.81. The molecule has 3 heteroatoms. The zero-order valence-corrected chi connectivity index (χ0v) is 12.4. The van der Waals surface area contributed by atoms with E-state index in [2.05, 4.69) is 12.2 Å². The van der Waals surface area contributed by atoms with Crippen molar-refractivity contribution in [2.24, 2.45) is 0 Å². The van der Waals surface area contributed by atoms with Crippen molar-refractivity contribution in [1.29, 1.82) is 0 Å². The monoisotopic (exact) mass is 275 g/mol. The molecule has 0 unspecified atom stereocenters. The molecule has 1 aliphatic rings. The predicted octanol–water partition coefficient (Wildman–Crippen LogP) is 4.31. The zero-order valence-electron chi connectivity index (χ0n) is 12.4. The molecule has 1 aliphatic heterocycles. The Kier molecular flexibility index (Phi) is 5.90. The molecule has 1 aromatic rings. The molecule has 3 nitrogen and oxygen atoms in total. The van der Waals surface area contributed by atoms with Crippen LogP contribution < -0.4 is 10.1 Å². The van der Waals surface area contributed by atoms with Crippen molar-refractivity contribution in [3.05, 3.63) is 23.8 Å². The summed E-state index contributed by atoms with van der Waals surface area (Å²) in [6.45, 7) is 3.00. The van der Waals surface area contributed by atoms with Crippen LogP contribution in [0.2, 0.25) is 0 Å². The number of amides is 1. The van der Waals surface area contributed by atoms with Gasteiger partial charge >= 0.3 is 0 Å². The summed E-state index contributed by atoms with van der Waals surface area (Å²) in [7, 11) is 0. The summed E-state index contributed by atoms with van der Waals surface area (Å²) in [4.78, 5) is 11.6. The first-order valence-corrected chi connectivity index (χ1v) is 7.86. The van der Waals surface area contributed by atoms with E-state index in [0.717, 1.165) is 42.9 Å². The minimum atomic E-state index is 0.112. The fourth-order valence-electron chi connectivity index (χ4n) is 2.60. The van der Waals surface area contributed by atoms with Crippen molar-refractivity contribution in [2.75, 3.05) is 11.9 Å². The number of carbonyl (C=O) groups excluding carboxylic acids is 1. The third kappa shape index (κ3) is 4.26. The van der Waals surface area contributed by atoms with Crippen LogP contribution in [-0.4, -0.2) is 12.5 Å². The van der Waals surface area contributed by atoms with Gasteiger partial charge in [-0.25, -0.2) is 0 Å². The van der Waals surface area contributed by atoms with Crippen LogP contribution in [0.4, 0.5) is 5.69 Å². The maximum absolute atomic E-state index is 11.6. The van der Waals surface area contributed by atoms with Gasteiger partial charge in [0.15, 0.2) is 0 Å². The number of hydrogen-bond acceptors (Lipinski definition) is 2. The molecule has 0 bridgehead atoms. The van der Waals surface area contributed by atoms with Crippen molar-refractivity contribution >= 4 is 11.6 Å². The normalized spacial score (nSPS) is 14.3. The Morgan fingerprint density at radius 3 is 2.85 bits per heavy atom. The van der Waals surface area contributed by atoms with Crippen LogP contribution in [0, 0.1) is 0 Å². The number of ether oxygens (including phenoxy) is 1. The van der Waals surface area contributed by atoms with Gasteiger partial charge in [0, 0.05) is 17.7 Å². The molecule has 1 amide bonds. The molecule has 0 aliphatic carbocycles. The van der Waals surface area contributed by atoms with Crippen LogP contribution in [0.1, 0.15) is 57.4 Å². The summed E-state index contributed by atoms with van der Waals surface area (Å²) in [5, 5.41) is 2.96. The molecule has 20 heavy (non-hydrogen) atoms. The highest BCUT2D eigenvalue weighted by atomic mass is 16.5.